The summed E-state index contributed by atoms with van der Waals surface area (Å²) < 4.78 is 0. The summed E-state index contributed by atoms with van der Waals surface area (Å²) in [7, 11) is 0. The molecular formula is C10H16ClNO2. The van der Waals surface area contributed by atoms with Crippen molar-refractivity contribution in [1.82, 2.24) is 0 Å². The summed E-state index contributed by atoms with van der Waals surface area (Å²) in [6.07, 6.45) is 0.546. The number of hydrogen-bond acceptors (Lipinski definition) is 3. The van der Waals surface area contributed by atoms with E-state index >= 15 is 0 Å². The van der Waals surface area contributed by atoms with Crippen LogP contribution in [0.2, 0.25) is 0 Å². The van der Waals surface area contributed by atoms with Crippen molar-refractivity contribution in [2.45, 2.75) is 19.4 Å². The quantitative estimate of drug-likeness (QED) is 0.719. The van der Waals surface area contributed by atoms with Gasteiger partial charge in [0, 0.05) is 12.6 Å². The number of phenolic OH excluding ortho intramolecular Hbond substituents is 1. The van der Waals surface area contributed by atoms with Gasteiger partial charge >= 0.3 is 0 Å². The molecule has 0 spiro atoms. The summed E-state index contributed by atoms with van der Waals surface area (Å²) in [5.74, 6) is 0.278. The number of aromatic hydroxyl groups is 1. The molecule has 0 bridgehead atoms. The minimum atomic E-state index is -0.149. The van der Waals surface area contributed by atoms with Crippen molar-refractivity contribution in [3.63, 3.8) is 0 Å². The molecule has 0 saturated heterocycles. The first-order chi connectivity index (χ1) is 6.15. The predicted octanol–water partition coefficient (Wildman–Crippen LogP) is 1.50. The molecule has 0 radical (unpaired) electrons. The van der Waals surface area contributed by atoms with Gasteiger partial charge in [0.25, 0.3) is 0 Å². The van der Waals surface area contributed by atoms with Crippen LogP contribution < -0.4 is 5.73 Å². The first kappa shape index (κ1) is 13.2. The summed E-state index contributed by atoms with van der Waals surface area (Å²) in [4.78, 5) is 0. The van der Waals surface area contributed by atoms with E-state index in [0.717, 1.165) is 11.1 Å². The highest BCUT2D eigenvalue weighted by atomic mass is 35.5. The zero-order valence-electron chi connectivity index (χ0n) is 8.10. The lowest BCUT2D eigenvalue weighted by atomic mass is 10.0. The van der Waals surface area contributed by atoms with Crippen molar-refractivity contribution in [3.8, 4) is 5.75 Å². The third kappa shape index (κ3) is 3.18. The third-order valence-electron chi connectivity index (χ3n) is 2.09. The van der Waals surface area contributed by atoms with Crippen molar-refractivity contribution < 1.29 is 10.2 Å². The van der Waals surface area contributed by atoms with Crippen LogP contribution in [0, 0.1) is 6.92 Å². The minimum absolute atomic E-state index is 0. The molecule has 1 aromatic carbocycles. The molecule has 4 N–H and O–H groups in total. The van der Waals surface area contributed by atoms with Crippen LogP contribution in [0.25, 0.3) is 0 Å². The normalized spacial score (nSPS) is 11.9. The SMILES string of the molecule is Cc1cc(C(N)CCO)ccc1O.Cl. The van der Waals surface area contributed by atoms with E-state index in [1.807, 2.05) is 13.0 Å². The second-order valence-corrected chi connectivity index (χ2v) is 3.16. The zero-order chi connectivity index (χ0) is 9.84. The van der Waals surface area contributed by atoms with Crippen LogP contribution in [0.15, 0.2) is 18.2 Å². The first-order valence-electron chi connectivity index (χ1n) is 4.31. The number of hydrogen-bond donors (Lipinski definition) is 3. The molecule has 3 nitrogen and oxygen atoms in total. The standard InChI is InChI=1S/C10H15NO2.ClH/c1-7-6-8(2-3-10(7)13)9(11)4-5-12;/h2-3,6,9,12-13H,4-5,11H2,1H3;1H. The van der Waals surface area contributed by atoms with E-state index in [1.54, 1.807) is 12.1 Å². The van der Waals surface area contributed by atoms with Crippen LogP contribution in [0.4, 0.5) is 0 Å². The molecule has 1 aromatic rings. The van der Waals surface area contributed by atoms with Gasteiger partial charge in [0.2, 0.25) is 0 Å². The van der Waals surface area contributed by atoms with E-state index in [-0.39, 0.29) is 30.8 Å². The average Bonchev–Trinajstić information content (AvgIpc) is 2.10. The van der Waals surface area contributed by atoms with Crippen molar-refractivity contribution in [3.05, 3.63) is 29.3 Å². The number of rotatable bonds is 3. The lowest BCUT2D eigenvalue weighted by Gasteiger charge is -2.11. The lowest BCUT2D eigenvalue weighted by Crippen LogP contribution is -2.11. The van der Waals surface area contributed by atoms with Gasteiger partial charge in [-0.05, 0) is 30.5 Å². The Balaban J connectivity index is 0.00000169. The smallest absolute Gasteiger partial charge is 0.118 e. The number of phenols is 1. The molecule has 0 amide bonds. The number of aliphatic hydroxyl groups excluding tert-OH is 1. The minimum Gasteiger partial charge on any atom is -0.508 e. The van der Waals surface area contributed by atoms with Crippen molar-refractivity contribution in [2.24, 2.45) is 5.73 Å². The molecule has 4 heteroatoms. The summed E-state index contributed by atoms with van der Waals surface area (Å²) in [6, 6.07) is 5.10. The van der Waals surface area contributed by atoms with Gasteiger partial charge in [-0.1, -0.05) is 12.1 Å². The molecule has 1 rings (SSSR count). The maximum absolute atomic E-state index is 9.27. The second kappa shape index (κ2) is 5.86. The van der Waals surface area contributed by atoms with Crippen LogP contribution in [-0.2, 0) is 0 Å². The third-order valence-corrected chi connectivity index (χ3v) is 2.09. The summed E-state index contributed by atoms with van der Waals surface area (Å²) in [5.41, 5.74) is 7.54. The average molecular weight is 218 g/mol. The predicted molar refractivity (Wildman–Crippen MR) is 58.7 cm³/mol. The second-order valence-electron chi connectivity index (χ2n) is 3.16. The number of halogens is 1. The Morgan fingerprint density at radius 3 is 2.57 bits per heavy atom. The van der Waals surface area contributed by atoms with Gasteiger partial charge in [-0.3, -0.25) is 0 Å². The lowest BCUT2D eigenvalue weighted by molar-refractivity contribution is 0.276. The van der Waals surface area contributed by atoms with E-state index in [2.05, 4.69) is 0 Å². The van der Waals surface area contributed by atoms with Crippen molar-refractivity contribution in [1.29, 1.82) is 0 Å². The van der Waals surface area contributed by atoms with E-state index in [1.165, 1.54) is 0 Å². The van der Waals surface area contributed by atoms with Gasteiger partial charge in [0.05, 0.1) is 0 Å². The largest absolute Gasteiger partial charge is 0.508 e. The van der Waals surface area contributed by atoms with E-state index in [0.29, 0.717) is 6.42 Å². The zero-order valence-corrected chi connectivity index (χ0v) is 8.92. The monoisotopic (exact) mass is 217 g/mol. The Hall–Kier alpha value is -0.770. The first-order valence-corrected chi connectivity index (χ1v) is 4.31. The van der Waals surface area contributed by atoms with Gasteiger partial charge < -0.3 is 15.9 Å². The highest BCUT2D eigenvalue weighted by Gasteiger charge is 2.06. The Bertz CT molecular complexity index is 291. The summed E-state index contributed by atoms with van der Waals surface area (Å²) in [5, 5.41) is 18.0. The van der Waals surface area contributed by atoms with Crippen LogP contribution >= 0.6 is 12.4 Å². The number of benzene rings is 1. The van der Waals surface area contributed by atoms with E-state index in [9.17, 15) is 5.11 Å². The van der Waals surface area contributed by atoms with E-state index < -0.39 is 0 Å². The molecular weight excluding hydrogens is 202 g/mol. The van der Waals surface area contributed by atoms with Gasteiger partial charge in [-0.25, -0.2) is 0 Å². The Morgan fingerprint density at radius 1 is 1.43 bits per heavy atom. The fourth-order valence-corrected chi connectivity index (χ4v) is 1.22. The molecule has 1 atom stereocenters. The fraction of sp³-hybridized carbons (Fsp3) is 0.400. The van der Waals surface area contributed by atoms with Crippen molar-refractivity contribution >= 4 is 12.4 Å². The van der Waals surface area contributed by atoms with Crippen LogP contribution in [0.1, 0.15) is 23.6 Å². The van der Waals surface area contributed by atoms with Crippen LogP contribution in [-0.4, -0.2) is 16.8 Å². The molecule has 0 heterocycles. The molecule has 14 heavy (non-hydrogen) atoms. The molecule has 0 saturated carbocycles. The molecule has 0 aromatic heterocycles. The van der Waals surface area contributed by atoms with Crippen molar-refractivity contribution in [2.75, 3.05) is 6.61 Å². The highest BCUT2D eigenvalue weighted by Crippen LogP contribution is 2.21. The van der Waals surface area contributed by atoms with E-state index in [4.69, 9.17) is 10.8 Å². The van der Waals surface area contributed by atoms with Crippen LogP contribution in [0.5, 0.6) is 5.75 Å². The maximum atomic E-state index is 9.27. The van der Waals surface area contributed by atoms with Crippen LogP contribution in [0.3, 0.4) is 0 Å². The fourth-order valence-electron chi connectivity index (χ4n) is 1.22. The molecule has 0 aliphatic heterocycles. The van der Waals surface area contributed by atoms with Gasteiger partial charge in [-0.2, -0.15) is 0 Å². The Labute approximate surface area is 90.0 Å². The van der Waals surface area contributed by atoms with Gasteiger partial charge in [-0.15, -0.1) is 12.4 Å². The molecule has 80 valence electrons. The summed E-state index contributed by atoms with van der Waals surface area (Å²) >= 11 is 0. The number of aryl methyl sites for hydroxylation is 1. The highest BCUT2D eigenvalue weighted by molar-refractivity contribution is 5.85. The Morgan fingerprint density at radius 2 is 2.07 bits per heavy atom. The van der Waals surface area contributed by atoms with Gasteiger partial charge in [0.15, 0.2) is 0 Å². The molecule has 0 fully saturated rings. The molecule has 0 aliphatic rings. The molecule has 1 unspecified atom stereocenters. The Kier molecular flexibility index (Phi) is 5.53. The topological polar surface area (TPSA) is 66.5 Å². The maximum Gasteiger partial charge on any atom is 0.118 e. The summed E-state index contributed by atoms with van der Waals surface area (Å²) in [6.45, 7) is 1.91. The van der Waals surface area contributed by atoms with Gasteiger partial charge in [0.1, 0.15) is 5.75 Å². The number of nitrogens with two attached hydrogens (primary N) is 1. The number of aliphatic hydroxyl groups is 1. The molecule has 0 aliphatic carbocycles.